The molecule has 3 nitrogen and oxygen atoms in total. The number of hydrogen-bond acceptors (Lipinski definition) is 3. The highest BCUT2D eigenvalue weighted by atomic mass is 19.4. The highest BCUT2D eigenvalue weighted by Gasteiger charge is 2.32. The number of benzene rings is 2. The van der Waals surface area contributed by atoms with Gasteiger partial charge in [0.1, 0.15) is 5.75 Å². The van der Waals surface area contributed by atoms with E-state index in [0.717, 1.165) is 30.3 Å². The number of hydrogen-bond donors (Lipinski definition) is 0. The summed E-state index contributed by atoms with van der Waals surface area (Å²) in [5.41, 5.74) is -1.21. The first-order valence-electron chi connectivity index (χ1n) is 7.25. The number of carbonyl (C=O) groups excluding carboxylic acids is 1. The molecule has 2 aromatic rings. The van der Waals surface area contributed by atoms with Crippen molar-refractivity contribution in [1.82, 2.24) is 0 Å². The van der Waals surface area contributed by atoms with Gasteiger partial charge >= 0.3 is 18.5 Å². The zero-order chi connectivity index (χ0) is 19.5. The molecule has 0 N–H and O–H groups in total. The Kier molecular flexibility index (Phi) is 5.48. The number of ether oxygens (including phenoxy) is 2. The third kappa shape index (κ3) is 5.14. The van der Waals surface area contributed by atoms with E-state index in [1.807, 2.05) is 0 Å². The first-order chi connectivity index (χ1) is 12.0. The van der Waals surface area contributed by atoms with Crippen LogP contribution < -0.4 is 4.74 Å². The maximum Gasteiger partial charge on any atom is 0.573 e. The Morgan fingerprint density at radius 2 is 1.54 bits per heavy atom. The van der Waals surface area contributed by atoms with E-state index >= 15 is 0 Å². The Morgan fingerprint density at radius 3 is 2.04 bits per heavy atom. The standard InChI is InChI=1S/C17H12F6O3/c1-2-25-15(24)12-7-11(8-13(9-12)16(18,19)20)10-3-5-14(6-4-10)26-17(21,22)23/h3-9H,2H2,1H3. The number of alkyl halides is 6. The van der Waals surface area contributed by atoms with E-state index < -0.39 is 29.8 Å². The molecule has 2 aromatic carbocycles. The van der Waals surface area contributed by atoms with E-state index in [0.29, 0.717) is 6.07 Å². The Morgan fingerprint density at radius 1 is 0.923 bits per heavy atom. The number of halogens is 6. The maximum atomic E-state index is 13.1. The van der Waals surface area contributed by atoms with Gasteiger partial charge in [0.15, 0.2) is 0 Å². The maximum absolute atomic E-state index is 13.1. The third-order valence-corrected chi connectivity index (χ3v) is 3.19. The van der Waals surface area contributed by atoms with Crippen molar-refractivity contribution in [3.8, 4) is 16.9 Å². The lowest BCUT2D eigenvalue weighted by atomic mass is 9.99. The van der Waals surface area contributed by atoms with Gasteiger partial charge in [0.2, 0.25) is 0 Å². The first-order valence-corrected chi connectivity index (χ1v) is 7.25. The summed E-state index contributed by atoms with van der Waals surface area (Å²) in [7, 11) is 0. The largest absolute Gasteiger partial charge is 0.573 e. The van der Waals surface area contributed by atoms with Gasteiger partial charge in [-0.15, -0.1) is 13.2 Å². The smallest absolute Gasteiger partial charge is 0.462 e. The molecule has 0 spiro atoms. The predicted octanol–water partition coefficient (Wildman–Crippen LogP) is 5.45. The van der Waals surface area contributed by atoms with Crippen LogP contribution in [0, 0.1) is 0 Å². The normalized spacial score (nSPS) is 12.0. The minimum absolute atomic E-state index is 0.00133. The molecule has 0 aliphatic carbocycles. The van der Waals surface area contributed by atoms with Crippen LogP contribution >= 0.6 is 0 Å². The molecule has 0 heterocycles. The molecule has 0 saturated carbocycles. The van der Waals surface area contributed by atoms with E-state index in [9.17, 15) is 31.1 Å². The van der Waals surface area contributed by atoms with E-state index in [-0.39, 0.29) is 23.3 Å². The molecule has 140 valence electrons. The molecule has 0 bridgehead atoms. The van der Waals surface area contributed by atoms with Crippen molar-refractivity contribution in [2.75, 3.05) is 6.61 Å². The van der Waals surface area contributed by atoms with Crippen molar-refractivity contribution in [1.29, 1.82) is 0 Å². The fraction of sp³-hybridized carbons (Fsp3) is 0.235. The number of carbonyl (C=O) groups is 1. The molecule has 0 unspecified atom stereocenters. The highest BCUT2D eigenvalue weighted by Crippen LogP contribution is 2.34. The van der Waals surface area contributed by atoms with Crippen LogP contribution in [0.3, 0.4) is 0 Å². The molecule has 0 radical (unpaired) electrons. The second-order valence-electron chi connectivity index (χ2n) is 5.09. The molecule has 0 amide bonds. The molecule has 0 fully saturated rings. The highest BCUT2D eigenvalue weighted by molar-refractivity contribution is 5.91. The number of esters is 1. The van der Waals surface area contributed by atoms with Crippen LogP contribution in [-0.4, -0.2) is 18.9 Å². The zero-order valence-electron chi connectivity index (χ0n) is 13.2. The minimum Gasteiger partial charge on any atom is -0.462 e. The fourth-order valence-electron chi connectivity index (χ4n) is 2.14. The summed E-state index contributed by atoms with van der Waals surface area (Å²) in [5, 5.41) is 0. The minimum atomic E-state index is -4.88. The van der Waals surface area contributed by atoms with E-state index in [2.05, 4.69) is 4.74 Å². The number of rotatable bonds is 4. The summed E-state index contributed by atoms with van der Waals surface area (Å²) in [6.45, 7) is 1.49. The molecule has 0 saturated heterocycles. The first kappa shape index (κ1) is 19.6. The second-order valence-corrected chi connectivity index (χ2v) is 5.09. The molecule has 0 aliphatic rings. The molecule has 0 aliphatic heterocycles. The van der Waals surface area contributed by atoms with Crippen LogP contribution in [0.4, 0.5) is 26.3 Å². The predicted molar refractivity (Wildman–Crippen MR) is 79.5 cm³/mol. The summed E-state index contributed by atoms with van der Waals surface area (Å²) < 4.78 is 84.1. The van der Waals surface area contributed by atoms with Crippen LogP contribution in [0.2, 0.25) is 0 Å². The lowest BCUT2D eigenvalue weighted by Crippen LogP contribution is -2.16. The Bertz CT molecular complexity index is 779. The fourth-order valence-corrected chi connectivity index (χ4v) is 2.14. The monoisotopic (exact) mass is 378 g/mol. The lowest BCUT2D eigenvalue weighted by Gasteiger charge is -2.13. The van der Waals surface area contributed by atoms with Crippen LogP contribution in [0.5, 0.6) is 5.75 Å². The van der Waals surface area contributed by atoms with Gasteiger partial charge in [0.05, 0.1) is 17.7 Å². The molecule has 0 atom stereocenters. The average molecular weight is 378 g/mol. The van der Waals surface area contributed by atoms with E-state index in [1.165, 1.54) is 13.0 Å². The van der Waals surface area contributed by atoms with Gasteiger partial charge in [0.25, 0.3) is 0 Å². The quantitative estimate of drug-likeness (QED) is 0.524. The van der Waals surface area contributed by atoms with Gasteiger partial charge < -0.3 is 9.47 Å². The molecule has 9 heteroatoms. The van der Waals surface area contributed by atoms with Crippen LogP contribution in [0.1, 0.15) is 22.8 Å². The van der Waals surface area contributed by atoms with Gasteiger partial charge in [-0.2, -0.15) is 13.2 Å². The van der Waals surface area contributed by atoms with Crippen molar-refractivity contribution < 1.29 is 40.6 Å². The van der Waals surface area contributed by atoms with E-state index in [4.69, 9.17) is 4.74 Å². The van der Waals surface area contributed by atoms with Crippen molar-refractivity contribution in [2.24, 2.45) is 0 Å². The van der Waals surface area contributed by atoms with Gasteiger partial charge in [-0.1, -0.05) is 12.1 Å². The molecular formula is C17H12F6O3. The summed E-state index contributed by atoms with van der Waals surface area (Å²) in [6.07, 6.45) is -9.59. The van der Waals surface area contributed by atoms with Gasteiger partial charge in [-0.3, -0.25) is 0 Å². The van der Waals surface area contributed by atoms with Gasteiger partial charge in [-0.25, -0.2) is 4.79 Å². The topological polar surface area (TPSA) is 35.5 Å². The van der Waals surface area contributed by atoms with Crippen molar-refractivity contribution in [3.63, 3.8) is 0 Å². The summed E-state index contributed by atoms with van der Waals surface area (Å²) in [4.78, 5) is 11.8. The van der Waals surface area contributed by atoms with Gasteiger partial charge in [-0.05, 0) is 48.4 Å². The Hall–Kier alpha value is -2.71. The van der Waals surface area contributed by atoms with Gasteiger partial charge in [0, 0.05) is 0 Å². The third-order valence-electron chi connectivity index (χ3n) is 3.19. The van der Waals surface area contributed by atoms with E-state index in [1.54, 1.807) is 0 Å². The van der Waals surface area contributed by atoms with Crippen LogP contribution in [-0.2, 0) is 10.9 Å². The van der Waals surface area contributed by atoms with Crippen molar-refractivity contribution >= 4 is 5.97 Å². The second kappa shape index (κ2) is 7.27. The van der Waals surface area contributed by atoms with Crippen molar-refractivity contribution in [3.05, 3.63) is 53.6 Å². The molecular weight excluding hydrogens is 366 g/mol. The summed E-state index contributed by atoms with van der Waals surface area (Å²) in [6, 6.07) is 6.87. The summed E-state index contributed by atoms with van der Waals surface area (Å²) in [5.74, 6) is -1.45. The Balaban J connectivity index is 2.44. The lowest BCUT2D eigenvalue weighted by molar-refractivity contribution is -0.274. The summed E-state index contributed by atoms with van der Waals surface area (Å²) >= 11 is 0. The molecule has 2 rings (SSSR count). The Labute approximate surface area is 144 Å². The SMILES string of the molecule is CCOC(=O)c1cc(-c2ccc(OC(F)(F)F)cc2)cc(C(F)(F)F)c1. The average Bonchev–Trinajstić information content (AvgIpc) is 2.53. The van der Waals surface area contributed by atoms with Crippen LogP contribution in [0.25, 0.3) is 11.1 Å². The van der Waals surface area contributed by atoms with Crippen molar-refractivity contribution in [2.45, 2.75) is 19.5 Å². The molecule has 26 heavy (non-hydrogen) atoms. The molecule has 0 aromatic heterocycles. The zero-order valence-corrected chi connectivity index (χ0v) is 13.2. The van der Waals surface area contributed by atoms with Crippen LogP contribution in [0.15, 0.2) is 42.5 Å².